The molecule has 0 atom stereocenters. The molecular weight excluding hydrogens is 390 g/mol. The van der Waals surface area contributed by atoms with Gasteiger partial charge < -0.3 is 23.9 Å². The van der Waals surface area contributed by atoms with Crippen LogP contribution in [-0.4, -0.2) is 50.1 Å². The molecule has 0 bridgehead atoms. The van der Waals surface area contributed by atoms with E-state index in [1.165, 1.54) is 0 Å². The van der Waals surface area contributed by atoms with Gasteiger partial charge in [-0.3, -0.25) is 9.59 Å². The van der Waals surface area contributed by atoms with Gasteiger partial charge in [-0.25, -0.2) is 4.79 Å². The number of H-pyrrole nitrogens is 1. The van der Waals surface area contributed by atoms with E-state index < -0.39 is 24.3 Å². The highest BCUT2D eigenvalue weighted by Crippen LogP contribution is 2.24. The van der Waals surface area contributed by atoms with Crippen LogP contribution in [0.25, 0.3) is 0 Å². The third-order valence-corrected chi connectivity index (χ3v) is 4.53. The van der Waals surface area contributed by atoms with Gasteiger partial charge in [0.05, 0.1) is 32.0 Å². The number of carbonyl (C=O) groups is 3. The first-order valence-electron chi connectivity index (χ1n) is 9.57. The second-order valence-electron chi connectivity index (χ2n) is 6.65. The summed E-state index contributed by atoms with van der Waals surface area (Å²) in [5, 5.41) is 0. The van der Waals surface area contributed by atoms with Gasteiger partial charge in [0.25, 0.3) is 0 Å². The van der Waals surface area contributed by atoms with Crippen molar-refractivity contribution in [1.29, 1.82) is 0 Å². The molecule has 0 aliphatic rings. The van der Waals surface area contributed by atoms with Crippen molar-refractivity contribution >= 4 is 17.7 Å². The lowest BCUT2D eigenvalue weighted by atomic mass is 10.1. The van der Waals surface area contributed by atoms with Crippen molar-refractivity contribution < 1.29 is 33.3 Å². The molecule has 1 N–H and O–H groups in total. The third-order valence-electron chi connectivity index (χ3n) is 4.53. The quantitative estimate of drug-likeness (QED) is 0.468. The maximum absolute atomic E-state index is 12.6. The predicted octanol–water partition coefficient (Wildman–Crippen LogP) is 3.18. The lowest BCUT2D eigenvalue weighted by molar-refractivity contribution is -0.142. The Morgan fingerprint density at radius 1 is 0.900 bits per heavy atom. The monoisotopic (exact) mass is 417 g/mol. The maximum atomic E-state index is 12.6. The van der Waals surface area contributed by atoms with E-state index in [2.05, 4.69) is 4.98 Å². The van der Waals surface area contributed by atoms with Gasteiger partial charge in [0.2, 0.25) is 5.78 Å². The summed E-state index contributed by atoms with van der Waals surface area (Å²) in [5.41, 5.74) is 2.28. The topological polar surface area (TPSA) is 104 Å². The summed E-state index contributed by atoms with van der Waals surface area (Å²) in [6, 6.07) is 5.35. The summed E-state index contributed by atoms with van der Waals surface area (Å²) in [7, 11) is 3.10. The second kappa shape index (κ2) is 10.5. The smallest absolute Gasteiger partial charge is 0.340 e. The summed E-state index contributed by atoms with van der Waals surface area (Å²) >= 11 is 0. The minimum absolute atomic E-state index is 0.0828. The number of esters is 2. The van der Waals surface area contributed by atoms with Gasteiger partial charge in [-0.1, -0.05) is 0 Å². The van der Waals surface area contributed by atoms with Crippen LogP contribution in [0.2, 0.25) is 0 Å². The SMILES string of the molecule is CCOC(=O)c1c(C)[nH]c(C)c1C(=O)COC(=O)CCc1cc(OC)cc(OC)c1. The van der Waals surface area contributed by atoms with Crippen LogP contribution >= 0.6 is 0 Å². The van der Waals surface area contributed by atoms with Crippen LogP contribution in [0.4, 0.5) is 0 Å². The molecule has 2 aromatic rings. The fourth-order valence-corrected chi connectivity index (χ4v) is 3.14. The number of hydrogen-bond donors (Lipinski definition) is 1. The standard InChI is InChI=1S/C22H27NO7/c1-6-29-22(26)21-14(3)23-13(2)20(21)18(24)12-30-19(25)8-7-15-9-16(27-4)11-17(10-15)28-5/h9-11,23H,6-8,12H2,1-5H3. The van der Waals surface area contributed by atoms with Crippen LogP contribution in [-0.2, 0) is 20.7 Å². The van der Waals surface area contributed by atoms with E-state index in [-0.39, 0.29) is 24.2 Å². The molecule has 1 aromatic heterocycles. The molecule has 0 aliphatic carbocycles. The summed E-state index contributed by atoms with van der Waals surface area (Å²) in [6.45, 7) is 4.80. The van der Waals surface area contributed by atoms with Crippen LogP contribution in [0.1, 0.15) is 51.0 Å². The number of aromatic amines is 1. The van der Waals surface area contributed by atoms with E-state index in [9.17, 15) is 14.4 Å². The Balaban J connectivity index is 1.99. The predicted molar refractivity (Wildman–Crippen MR) is 109 cm³/mol. The highest BCUT2D eigenvalue weighted by Gasteiger charge is 2.26. The maximum Gasteiger partial charge on any atom is 0.340 e. The van der Waals surface area contributed by atoms with Crippen molar-refractivity contribution in [1.82, 2.24) is 4.98 Å². The number of ether oxygens (including phenoxy) is 4. The Bertz CT molecular complexity index is 908. The van der Waals surface area contributed by atoms with Gasteiger partial charge in [-0.2, -0.15) is 0 Å². The summed E-state index contributed by atoms with van der Waals surface area (Å²) in [4.78, 5) is 39.9. The number of carbonyl (C=O) groups excluding carboxylic acids is 3. The molecule has 0 spiro atoms. The first-order valence-corrected chi connectivity index (χ1v) is 9.57. The number of Topliss-reactive ketones (excluding diaryl/α,β-unsaturated/α-hetero) is 1. The summed E-state index contributed by atoms with van der Waals surface area (Å²) < 4.78 is 20.6. The average molecular weight is 417 g/mol. The zero-order chi connectivity index (χ0) is 22.3. The van der Waals surface area contributed by atoms with Crippen molar-refractivity contribution in [3.63, 3.8) is 0 Å². The Hall–Kier alpha value is -3.29. The summed E-state index contributed by atoms with van der Waals surface area (Å²) in [5.74, 6) is -0.319. The minimum Gasteiger partial charge on any atom is -0.497 e. The highest BCUT2D eigenvalue weighted by atomic mass is 16.5. The fourth-order valence-electron chi connectivity index (χ4n) is 3.14. The number of hydrogen-bond acceptors (Lipinski definition) is 7. The molecule has 0 fully saturated rings. The first kappa shape index (κ1) is 23.0. The number of nitrogens with one attached hydrogen (secondary N) is 1. The van der Waals surface area contributed by atoms with Crippen LogP contribution in [0, 0.1) is 13.8 Å². The zero-order valence-electron chi connectivity index (χ0n) is 17.9. The second-order valence-corrected chi connectivity index (χ2v) is 6.65. The minimum atomic E-state index is -0.582. The molecule has 162 valence electrons. The highest BCUT2D eigenvalue weighted by molar-refractivity contribution is 6.09. The van der Waals surface area contributed by atoms with Crippen LogP contribution in [0.3, 0.4) is 0 Å². The lowest BCUT2D eigenvalue weighted by Crippen LogP contribution is -2.18. The molecule has 0 unspecified atom stereocenters. The number of rotatable bonds is 10. The fraction of sp³-hybridized carbons (Fsp3) is 0.409. The molecule has 8 nitrogen and oxygen atoms in total. The number of benzene rings is 1. The Kier molecular flexibility index (Phi) is 8.03. The molecule has 2 rings (SSSR count). The van der Waals surface area contributed by atoms with E-state index in [0.717, 1.165) is 5.56 Å². The van der Waals surface area contributed by atoms with Gasteiger partial charge in [-0.15, -0.1) is 0 Å². The van der Waals surface area contributed by atoms with Crippen LogP contribution in [0.5, 0.6) is 11.5 Å². The summed E-state index contributed by atoms with van der Waals surface area (Å²) in [6.07, 6.45) is 0.483. The van der Waals surface area contributed by atoms with Crippen LogP contribution < -0.4 is 9.47 Å². The van der Waals surface area contributed by atoms with E-state index in [4.69, 9.17) is 18.9 Å². The van der Waals surface area contributed by atoms with Crippen molar-refractivity contribution in [2.75, 3.05) is 27.4 Å². The van der Waals surface area contributed by atoms with Gasteiger partial charge in [0, 0.05) is 23.9 Å². The van der Waals surface area contributed by atoms with E-state index in [1.54, 1.807) is 53.2 Å². The lowest BCUT2D eigenvalue weighted by Gasteiger charge is -2.09. The number of methoxy groups -OCH3 is 2. The molecule has 0 amide bonds. The zero-order valence-corrected chi connectivity index (χ0v) is 17.9. The normalized spacial score (nSPS) is 10.4. The molecule has 8 heteroatoms. The molecule has 1 aromatic carbocycles. The molecule has 1 heterocycles. The third kappa shape index (κ3) is 5.62. The Morgan fingerprint density at radius 3 is 2.07 bits per heavy atom. The van der Waals surface area contributed by atoms with Crippen LogP contribution in [0.15, 0.2) is 18.2 Å². The van der Waals surface area contributed by atoms with Crippen molar-refractivity contribution in [2.24, 2.45) is 0 Å². The largest absolute Gasteiger partial charge is 0.497 e. The van der Waals surface area contributed by atoms with Gasteiger partial charge in [-0.05, 0) is 44.9 Å². The van der Waals surface area contributed by atoms with Gasteiger partial charge in [0.1, 0.15) is 11.5 Å². The molecule has 0 saturated carbocycles. The molecule has 0 aliphatic heterocycles. The number of ketones is 1. The van der Waals surface area contributed by atoms with E-state index >= 15 is 0 Å². The number of aromatic nitrogens is 1. The number of aryl methyl sites for hydroxylation is 3. The average Bonchev–Trinajstić information content (AvgIpc) is 3.04. The van der Waals surface area contributed by atoms with E-state index in [1.807, 2.05) is 0 Å². The van der Waals surface area contributed by atoms with Crippen molar-refractivity contribution in [2.45, 2.75) is 33.6 Å². The van der Waals surface area contributed by atoms with Crippen molar-refractivity contribution in [3.8, 4) is 11.5 Å². The first-order chi connectivity index (χ1) is 14.3. The van der Waals surface area contributed by atoms with E-state index in [0.29, 0.717) is 29.3 Å². The van der Waals surface area contributed by atoms with Gasteiger partial charge >= 0.3 is 11.9 Å². The van der Waals surface area contributed by atoms with Gasteiger partial charge in [0.15, 0.2) is 6.61 Å². The van der Waals surface area contributed by atoms with Crippen molar-refractivity contribution in [3.05, 3.63) is 46.3 Å². The molecule has 0 saturated heterocycles. The molecule has 30 heavy (non-hydrogen) atoms. The Morgan fingerprint density at radius 2 is 1.50 bits per heavy atom. The Labute approximate surface area is 175 Å². The molecular formula is C22H27NO7. The molecule has 0 radical (unpaired) electrons.